The number of hydrogen-bond donors (Lipinski definition) is 2. The largest absolute Gasteiger partial charge is 0.319 e. The van der Waals surface area contributed by atoms with Crippen molar-refractivity contribution < 1.29 is 4.79 Å². The summed E-state index contributed by atoms with van der Waals surface area (Å²) in [5, 5.41) is 18.4. The van der Waals surface area contributed by atoms with Gasteiger partial charge in [-0.3, -0.25) is 9.89 Å². The molecule has 2 N–H and O–H groups in total. The molecule has 0 aliphatic rings. The van der Waals surface area contributed by atoms with E-state index in [1.165, 1.54) is 0 Å². The average molecular weight is 240 g/mol. The second kappa shape index (κ2) is 4.72. The first kappa shape index (κ1) is 11.9. The number of nitrogens with zero attached hydrogens (tertiary/aromatic N) is 2. The van der Waals surface area contributed by atoms with Crippen molar-refractivity contribution >= 4 is 11.6 Å². The summed E-state index contributed by atoms with van der Waals surface area (Å²) in [5.41, 5.74) is 3.13. The molecule has 0 unspecified atom stereocenters. The van der Waals surface area contributed by atoms with Gasteiger partial charge >= 0.3 is 0 Å². The summed E-state index contributed by atoms with van der Waals surface area (Å²) in [6, 6.07) is 8.57. The SMILES string of the molecule is Cc1n[nH]c(C)c1NC(=O)c1cccc(C#N)c1. The molecule has 0 aliphatic heterocycles. The molecule has 2 aromatic rings. The first-order valence-electron chi connectivity index (χ1n) is 5.45. The first-order chi connectivity index (χ1) is 8.61. The molecule has 2 rings (SSSR count). The van der Waals surface area contributed by atoms with Crippen LogP contribution in [0.5, 0.6) is 0 Å². The van der Waals surface area contributed by atoms with E-state index in [1.807, 2.05) is 19.9 Å². The molecule has 1 heterocycles. The summed E-state index contributed by atoms with van der Waals surface area (Å²) in [4.78, 5) is 12.0. The highest BCUT2D eigenvalue weighted by molar-refractivity contribution is 6.05. The molecule has 90 valence electrons. The van der Waals surface area contributed by atoms with Crippen LogP contribution < -0.4 is 5.32 Å². The van der Waals surface area contributed by atoms with Crippen LogP contribution in [0.15, 0.2) is 24.3 Å². The van der Waals surface area contributed by atoms with Gasteiger partial charge in [0.05, 0.1) is 28.7 Å². The van der Waals surface area contributed by atoms with Crippen LogP contribution in [0, 0.1) is 25.2 Å². The lowest BCUT2D eigenvalue weighted by molar-refractivity contribution is 0.102. The minimum Gasteiger partial charge on any atom is -0.319 e. The predicted molar refractivity (Wildman–Crippen MR) is 67.2 cm³/mol. The molecule has 0 fully saturated rings. The minimum absolute atomic E-state index is 0.250. The van der Waals surface area contributed by atoms with Crippen LogP contribution in [0.3, 0.4) is 0 Å². The van der Waals surface area contributed by atoms with E-state index in [9.17, 15) is 4.79 Å². The molecular formula is C13H12N4O. The van der Waals surface area contributed by atoms with Crippen molar-refractivity contribution in [2.75, 3.05) is 5.32 Å². The summed E-state index contributed by atoms with van der Waals surface area (Å²) >= 11 is 0. The molecule has 1 aromatic carbocycles. The van der Waals surface area contributed by atoms with Crippen molar-refractivity contribution in [2.45, 2.75) is 13.8 Å². The van der Waals surface area contributed by atoms with Crippen molar-refractivity contribution in [3.05, 3.63) is 46.8 Å². The Bertz CT molecular complexity index is 617. The Kier molecular flexibility index (Phi) is 3.11. The number of hydrogen-bond acceptors (Lipinski definition) is 3. The number of carbonyl (C=O) groups is 1. The van der Waals surface area contributed by atoms with Crippen LogP contribution in [0.1, 0.15) is 27.3 Å². The Labute approximate surface area is 104 Å². The maximum Gasteiger partial charge on any atom is 0.255 e. The summed E-state index contributed by atoms with van der Waals surface area (Å²) < 4.78 is 0. The third-order valence-electron chi connectivity index (χ3n) is 2.62. The van der Waals surface area contributed by atoms with Crippen LogP contribution in [-0.4, -0.2) is 16.1 Å². The summed E-state index contributed by atoms with van der Waals surface area (Å²) in [6.07, 6.45) is 0. The fourth-order valence-electron chi connectivity index (χ4n) is 1.65. The molecule has 0 saturated heterocycles. The molecule has 0 bridgehead atoms. The lowest BCUT2D eigenvalue weighted by atomic mass is 10.1. The van der Waals surface area contributed by atoms with Gasteiger partial charge in [0.25, 0.3) is 5.91 Å². The second-order valence-corrected chi connectivity index (χ2v) is 3.96. The maximum absolute atomic E-state index is 12.0. The molecule has 5 nitrogen and oxygen atoms in total. The van der Waals surface area contributed by atoms with Gasteiger partial charge in [-0.25, -0.2) is 0 Å². The Hall–Kier alpha value is -2.61. The van der Waals surface area contributed by atoms with Crippen molar-refractivity contribution in [3.63, 3.8) is 0 Å². The number of H-pyrrole nitrogens is 1. The number of aromatic nitrogens is 2. The zero-order chi connectivity index (χ0) is 13.1. The van der Waals surface area contributed by atoms with E-state index < -0.39 is 0 Å². The number of rotatable bonds is 2. The number of anilines is 1. The normalized spacial score (nSPS) is 9.83. The fraction of sp³-hybridized carbons (Fsp3) is 0.154. The zero-order valence-electron chi connectivity index (χ0n) is 10.1. The predicted octanol–water partition coefficient (Wildman–Crippen LogP) is 2.15. The van der Waals surface area contributed by atoms with Crippen LogP contribution in [0.2, 0.25) is 0 Å². The molecule has 0 saturated carbocycles. The van der Waals surface area contributed by atoms with E-state index in [0.29, 0.717) is 16.8 Å². The Balaban J connectivity index is 2.25. The van der Waals surface area contributed by atoms with Gasteiger partial charge in [0.15, 0.2) is 0 Å². The van der Waals surface area contributed by atoms with Gasteiger partial charge in [-0.1, -0.05) is 6.07 Å². The van der Waals surface area contributed by atoms with Gasteiger partial charge in [-0.15, -0.1) is 0 Å². The molecule has 0 aliphatic carbocycles. The second-order valence-electron chi connectivity index (χ2n) is 3.96. The molecular weight excluding hydrogens is 228 g/mol. The monoisotopic (exact) mass is 240 g/mol. The van der Waals surface area contributed by atoms with Gasteiger partial charge < -0.3 is 5.32 Å². The zero-order valence-corrected chi connectivity index (χ0v) is 10.1. The Morgan fingerprint density at radius 2 is 2.22 bits per heavy atom. The highest BCUT2D eigenvalue weighted by Crippen LogP contribution is 2.17. The van der Waals surface area contributed by atoms with Gasteiger partial charge in [-0.05, 0) is 32.0 Å². The molecule has 1 aromatic heterocycles. The average Bonchev–Trinajstić information content (AvgIpc) is 2.70. The van der Waals surface area contributed by atoms with Crippen molar-refractivity contribution in [1.29, 1.82) is 5.26 Å². The van der Waals surface area contributed by atoms with Crippen LogP contribution in [0.4, 0.5) is 5.69 Å². The summed E-state index contributed by atoms with van der Waals surface area (Å²) in [7, 11) is 0. The minimum atomic E-state index is -0.250. The van der Waals surface area contributed by atoms with E-state index in [-0.39, 0.29) is 5.91 Å². The van der Waals surface area contributed by atoms with Gasteiger partial charge in [0.1, 0.15) is 0 Å². The standard InChI is InChI=1S/C13H12N4O/c1-8-12(9(2)17-16-8)15-13(18)11-5-3-4-10(6-11)7-14/h3-6H,1-2H3,(H,15,18)(H,16,17). The third-order valence-corrected chi connectivity index (χ3v) is 2.62. The lowest BCUT2D eigenvalue weighted by Gasteiger charge is -2.05. The van der Waals surface area contributed by atoms with Crippen molar-refractivity contribution in [3.8, 4) is 6.07 Å². The molecule has 0 atom stereocenters. The summed E-state index contributed by atoms with van der Waals surface area (Å²) in [6.45, 7) is 3.64. The molecule has 5 heteroatoms. The third kappa shape index (κ3) is 2.23. The Morgan fingerprint density at radius 3 is 2.83 bits per heavy atom. The van der Waals surface area contributed by atoms with E-state index in [4.69, 9.17) is 5.26 Å². The van der Waals surface area contributed by atoms with Gasteiger partial charge in [-0.2, -0.15) is 10.4 Å². The number of nitriles is 1. The number of carbonyl (C=O) groups excluding carboxylic acids is 1. The first-order valence-corrected chi connectivity index (χ1v) is 5.45. The summed E-state index contributed by atoms with van der Waals surface area (Å²) in [5.74, 6) is -0.250. The van der Waals surface area contributed by atoms with E-state index in [0.717, 1.165) is 11.4 Å². The number of aryl methyl sites for hydroxylation is 2. The Morgan fingerprint density at radius 1 is 1.44 bits per heavy atom. The highest BCUT2D eigenvalue weighted by Gasteiger charge is 2.12. The van der Waals surface area contributed by atoms with Crippen molar-refractivity contribution in [2.24, 2.45) is 0 Å². The van der Waals surface area contributed by atoms with Crippen LogP contribution in [0.25, 0.3) is 0 Å². The quantitative estimate of drug-likeness (QED) is 0.843. The molecule has 18 heavy (non-hydrogen) atoms. The fourth-order valence-corrected chi connectivity index (χ4v) is 1.65. The van der Waals surface area contributed by atoms with E-state index in [1.54, 1.807) is 24.3 Å². The number of nitrogens with one attached hydrogen (secondary N) is 2. The van der Waals surface area contributed by atoms with E-state index >= 15 is 0 Å². The van der Waals surface area contributed by atoms with Crippen molar-refractivity contribution in [1.82, 2.24) is 10.2 Å². The number of amides is 1. The smallest absolute Gasteiger partial charge is 0.255 e. The molecule has 0 radical (unpaired) electrons. The van der Waals surface area contributed by atoms with Crippen LogP contribution >= 0.6 is 0 Å². The molecule has 0 spiro atoms. The number of benzene rings is 1. The van der Waals surface area contributed by atoms with Gasteiger partial charge in [0.2, 0.25) is 0 Å². The lowest BCUT2D eigenvalue weighted by Crippen LogP contribution is -2.13. The highest BCUT2D eigenvalue weighted by atomic mass is 16.1. The molecule has 1 amide bonds. The van der Waals surface area contributed by atoms with E-state index in [2.05, 4.69) is 15.5 Å². The van der Waals surface area contributed by atoms with Gasteiger partial charge in [0, 0.05) is 5.56 Å². The topological polar surface area (TPSA) is 81.6 Å². The van der Waals surface area contributed by atoms with Crippen LogP contribution in [-0.2, 0) is 0 Å². The number of aromatic amines is 1. The maximum atomic E-state index is 12.0.